The van der Waals surface area contributed by atoms with E-state index in [9.17, 15) is 8.96 Å². The number of rotatable bonds is 3. The number of halogens is 1. The van der Waals surface area contributed by atoms with Crippen molar-refractivity contribution in [2.24, 2.45) is 0 Å². The van der Waals surface area contributed by atoms with Crippen LogP contribution in [0.1, 0.15) is 26.7 Å². The molecule has 0 saturated carbocycles. The molecular formula is C6H12FO3P. The maximum Gasteiger partial charge on any atom is 0.354 e. The molecule has 0 radical (unpaired) electrons. The molecule has 0 aliphatic carbocycles. The summed E-state index contributed by atoms with van der Waals surface area (Å²) in [4.78, 5) is 17.2. The molecule has 0 unspecified atom stereocenters. The molecule has 0 heterocycles. The van der Waals surface area contributed by atoms with Gasteiger partial charge in [-0.3, -0.25) is 4.57 Å². The van der Waals surface area contributed by atoms with E-state index in [4.69, 9.17) is 9.79 Å². The second-order valence-electron chi connectivity index (χ2n) is 2.10. The third-order valence-corrected chi connectivity index (χ3v) is 2.57. The van der Waals surface area contributed by atoms with Crippen LogP contribution in [0.15, 0.2) is 11.1 Å². The largest absolute Gasteiger partial charge is 0.354 e. The van der Waals surface area contributed by atoms with Gasteiger partial charge in [0.05, 0.1) is 5.31 Å². The molecule has 66 valence electrons. The van der Waals surface area contributed by atoms with Crippen molar-refractivity contribution in [1.82, 2.24) is 0 Å². The third-order valence-electron chi connectivity index (χ3n) is 1.31. The van der Waals surface area contributed by atoms with Crippen LogP contribution in [0.4, 0.5) is 4.39 Å². The lowest BCUT2D eigenvalue weighted by Crippen LogP contribution is -1.87. The van der Waals surface area contributed by atoms with E-state index in [2.05, 4.69) is 0 Å². The van der Waals surface area contributed by atoms with Gasteiger partial charge in [0.1, 0.15) is 5.83 Å². The predicted octanol–water partition coefficient (Wildman–Crippen LogP) is 2.17. The Labute approximate surface area is 65.1 Å². The number of hydrogen-bond donors (Lipinski definition) is 2. The first-order chi connectivity index (χ1) is 4.93. The van der Waals surface area contributed by atoms with E-state index in [0.29, 0.717) is 0 Å². The molecule has 0 aliphatic rings. The van der Waals surface area contributed by atoms with Crippen LogP contribution in [-0.4, -0.2) is 9.79 Å². The second-order valence-corrected chi connectivity index (χ2v) is 3.73. The van der Waals surface area contributed by atoms with Crippen molar-refractivity contribution in [2.75, 3.05) is 0 Å². The van der Waals surface area contributed by atoms with Gasteiger partial charge < -0.3 is 9.79 Å². The first-order valence-electron chi connectivity index (χ1n) is 3.37. The summed E-state index contributed by atoms with van der Waals surface area (Å²) in [7, 11) is -4.34. The molecule has 0 aliphatic heterocycles. The molecule has 0 rings (SSSR count). The number of hydrogen-bond acceptors (Lipinski definition) is 1. The molecule has 0 amide bonds. The van der Waals surface area contributed by atoms with Crippen LogP contribution in [0, 0.1) is 0 Å². The first kappa shape index (κ1) is 10.8. The summed E-state index contributed by atoms with van der Waals surface area (Å²) in [5, 5.41) is -0.375. The van der Waals surface area contributed by atoms with Gasteiger partial charge in [0.15, 0.2) is 0 Å². The van der Waals surface area contributed by atoms with Gasteiger partial charge in [-0.25, -0.2) is 4.39 Å². The van der Waals surface area contributed by atoms with Crippen LogP contribution >= 0.6 is 7.60 Å². The fourth-order valence-corrected chi connectivity index (χ4v) is 1.65. The molecule has 0 saturated heterocycles. The van der Waals surface area contributed by atoms with E-state index >= 15 is 0 Å². The van der Waals surface area contributed by atoms with Crippen LogP contribution in [0.5, 0.6) is 0 Å². The van der Waals surface area contributed by atoms with Crippen LogP contribution < -0.4 is 0 Å². The minimum absolute atomic E-state index is 0.0360. The topological polar surface area (TPSA) is 57.5 Å². The lowest BCUT2D eigenvalue weighted by Gasteiger charge is -2.07. The van der Waals surface area contributed by atoms with Crippen molar-refractivity contribution in [3.8, 4) is 0 Å². The smallest absolute Gasteiger partial charge is 0.321 e. The highest BCUT2D eigenvalue weighted by molar-refractivity contribution is 7.56. The SMILES string of the molecule is CCC(F)=C(CC)P(=O)(O)O. The monoisotopic (exact) mass is 182 g/mol. The Bertz CT molecular complexity index is 206. The van der Waals surface area contributed by atoms with E-state index in [-0.39, 0.29) is 18.2 Å². The Morgan fingerprint density at radius 3 is 1.91 bits per heavy atom. The summed E-state index contributed by atoms with van der Waals surface area (Å²) in [5.41, 5.74) is 0. The van der Waals surface area contributed by atoms with Crippen molar-refractivity contribution in [1.29, 1.82) is 0 Å². The van der Waals surface area contributed by atoms with E-state index < -0.39 is 13.4 Å². The van der Waals surface area contributed by atoms with Gasteiger partial charge >= 0.3 is 7.60 Å². The van der Waals surface area contributed by atoms with Crippen LogP contribution in [0.25, 0.3) is 0 Å². The van der Waals surface area contributed by atoms with Gasteiger partial charge in [-0.1, -0.05) is 13.8 Å². The molecule has 2 N–H and O–H groups in total. The van der Waals surface area contributed by atoms with E-state index in [1.165, 1.54) is 13.8 Å². The quantitative estimate of drug-likeness (QED) is 0.657. The average molecular weight is 182 g/mol. The molecule has 0 aromatic carbocycles. The van der Waals surface area contributed by atoms with Gasteiger partial charge in [-0.2, -0.15) is 0 Å². The van der Waals surface area contributed by atoms with E-state index in [1.54, 1.807) is 0 Å². The summed E-state index contributed by atoms with van der Waals surface area (Å²) in [5.74, 6) is -0.694. The number of allylic oxidation sites excluding steroid dienone is 2. The zero-order chi connectivity index (χ0) is 9.07. The first-order valence-corrected chi connectivity index (χ1v) is 4.98. The second kappa shape index (κ2) is 4.00. The highest BCUT2D eigenvalue weighted by Crippen LogP contribution is 2.48. The molecule has 0 atom stereocenters. The van der Waals surface area contributed by atoms with Crippen molar-refractivity contribution in [3.05, 3.63) is 11.1 Å². The van der Waals surface area contributed by atoms with Gasteiger partial charge in [-0.05, 0) is 12.8 Å². The van der Waals surface area contributed by atoms with Crippen molar-refractivity contribution >= 4 is 7.60 Å². The normalized spacial score (nSPS) is 14.6. The summed E-state index contributed by atoms with van der Waals surface area (Å²) in [6, 6.07) is 0. The molecule has 0 bridgehead atoms. The van der Waals surface area contributed by atoms with Crippen LogP contribution in [-0.2, 0) is 4.57 Å². The highest BCUT2D eigenvalue weighted by atomic mass is 31.2. The summed E-state index contributed by atoms with van der Waals surface area (Å²) < 4.78 is 23.2. The third kappa shape index (κ3) is 3.14. The van der Waals surface area contributed by atoms with Gasteiger partial charge in [0, 0.05) is 0 Å². The fraction of sp³-hybridized carbons (Fsp3) is 0.667. The molecule has 0 spiro atoms. The van der Waals surface area contributed by atoms with Crippen LogP contribution in [0.2, 0.25) is 0 Å². The van der Waals surface area contributed by atoms with E-state index in [1.807, 2.05) is 0 Å². The van der Waals surface area contributed by atoms with Crippen molar-refractivity contribution in [2.45, 2.75) is 26.7 Å². The van der Waals surface area contributed by atoms with Crippen LogP contribution in [0.3, 0.4) is 0 Å². The Balaban J connectivity index is 4.82. The van der Waals surface area contributed by atoms with Gasteiger partial charge in [0.25, 0.3) is 0 Å². The zero-order valence-electron chi connectivity index (χ0n) is 6.54. The molecular weight excluding hydrogens is 170 g/mol. The standard InChI is InChI=1S/C6H12FO3P/c1-3-5(7)6(4-2)11(8,9)10/h3-4H2,1-2H3,(H2,8,9,10). The molecule has 0 aromatic heterocycles. The summed E-state index contributed by atoms with van der Waals surface area (Å²) in [6.07, 6.45) is 0.0955. The van der Waals surface area contributed by atoms with E-state index in [0.717, 1.165) is 0 Å². The molecule has 0 fully saturated rings. The Morgan fingerprint density at radius 2 is 1.82 bits per heavy atom. The molecule has 11 heavy (non-hydrogen) atoms. The lowest BCUT2D eigenvalue weighted by molar-refractivity contribution is 0.378. The fourth-order valence-electron chi connectivity index (χ4n) is 0.760. The maximum atomic E-state index is 12.7. The predicted molar refractivity (Wildman–Crippen MR) is 40.8 cm³/mol. The Hall–Kier alpha value is -0.180. The summed E-state index contributed by atoms with van der Waals surface area (Å²) in [6.45, 7) is 3.03. The van der Waals surface area contributed by atoms with Crippen molar-refractivity contribution in [3.63, 3.8) is 0 Å². The minimum atomic E-state index is -4.34. The van der Waals surface area contributed by atoms with Gasteiger partial charge in [0.2, 0.25) is 0 Å². The van der Waals surface area contributed by atoms with Gasteiger partial charge in [-0.15, -0.1) is 0 Å². The average Bonchev–Trinajstić information content (AvgIpc) is 1.86. The zero-order valence-corrected chi connectivity index (χ0v) is 7.44. The highest BCUT2D eigenvalue weighted by Gasteiger charge is 2.22. The molecule has 0 aromatic rings. The summed E-state index contributed by atoms with van der Waals surface area (Å²) >= 11 is 0. The minimum Gasteiger partial charge on any atom is -0.321 e. The molecule has 3 nitrogen and oxygen atoms in total. The Kier molecular flexibility index (Phi) is 3.93. The maximum absolute atomic E-state index is 12.7. The van der Waals surface area contributed by atoms with Crippen molar-refractivity contribution < 1.29 is 18.7 Å². The Morgan fingerprint density at radius 1 is 1.36 bits per heavy atom. The lowest BCUT2D eigenvalue weighted by atomic mass is 10.3. The molecule has 5 heteroatoms.